The summed E-state index contributed by atoms with van der Waals surface area (Å²) < 4.78 is 0. The molecule has 0 aliphatic rings. The van der Waals surface area contributed by atoms with E-state index in [1.807, 2.05) is 18.2 Å². The Morgan fingerprint density at radius 1 is 1.28 bits per heavy atom. The van der Waals surface area contributed by atoms with Crippen molar-refractivity contribution >= 4 is 16.5 Å². The van der Waals surface area contributed by atoms with Gasteiger partial charge >= 0.3 is 0 Å². The van der Waals surface area contributed by atoms with Crippen LogP contribution in [0.5, 0.6) is 5.75 Å². The maximum absolute atomic E-state index is 9.71. The van der Waals surface area contributed by atoms with E-state index in [9.17, 15) is 5.11 Å². The van der Waals surface area contributed by atoms with Crippen LogP contribution in [-0.2, 0) is 0 Å². The third-order valence-electron chi connectivity index (χ3n) is 3.14. The van der Waals surface area contributed by atoms with Gasteiger partial charge in [0.1, 0.15) is 5.75 Å². The number of aromatic hydroxyl groups is 1. The van der Waals surface area contributed by atoms with Crippen LogP contribution in [0.2, 0.25) is 0 Å². The van der Waals surface area contributed by atoms with Crippen molar-refractivity contribution in [3.63, 3.8) is 0 Å². The predicted molar refractivity (Wildman–Crippen MR) is 78.2 cm³/mol. The summed E-state index contributed by atoms with van der Waals surface area (Å²) in [6.07, 6.45) is 1.98. The minimum atomic E-state index is 0.297. The first-order valence-electron chi connectivity index (χ1n) is 6.33. The molecular weight excluding hydrogens is 222 g/mol. The minimum Gasteiger partial charge on any atom is -0.508 e. The third kappa shape index (κ3) is 2.83. The molecule has 94 valence electrons. The largest absolute Gasteiger partial charge is 0.508 e. The van der Waals surface area contributed by atoms with Crippen LogP contribution in [0.25, 0.3) is 10.8 Å². The molecule has 2 rings (SSSR count). The van der Waals surface area contributed by atoms with Gasteiger partial charge in [-0.25, -0.2) is 0 Å². The quantitative estimate of drug-likeness (QED) is 0.764. The van der Waals surface area contributed by atoms with E-state index in [0.29, 0.717) is 5.75 Å². The molecule has 2 nitrogen and oxygen atoms in total. The minimum absolute atomic E-state index is 0.297. The van der Waals surface area contributed by atoms with E-state index in [-0.39, 0.29) is 0 Å². The molecule has 0 atom stereocenters. The molecule has 2 heteroatoms. The highest BCUT2D eigenvalue weighted by atomic mass is 16.3. The molecule has 18 heavy (non-hydrogen) atoms. The lowest BCUT2D eigenvalue weighted by molar-refractivity contribution is 0.476. The van der Waals surface area contributed by atoms with Crippen LogP contribution in [0.4, 0.5) is 5.69 Å². The maximum Gasteiger partial charge on any atom is 0.118 e. The van der Waals surface area contributed by atoms with Gasteiger partial charge in [-0.2, -0.15) is 0 Å². The van der Waals surface area contributed by atoms with Crippen LogP contribution in [0.15, 0.2) is 48.6 Å². The van der Waals surface area contributed by atoms with Crippen molar-refractivity contribution in [1.82, 2.24) is 0 Å². The van der Waals surface area contributed by atoms with Crippen molar-refractivity contribution in [1.29, 1.82) is 0 Å². The van der Waals surface area contributed by atoms with E-state index in [2.05, 4.69) is 24.9 Å². The van der Waals surface area contributed by atoms with Crippen molar-refractivity contribution in [2.45, 2.75) is 19.8 Å². The number of benzene rings is 2. The molecule has 0 heterocycles. The number of nitrogens with one attached hydrogen (secondary N) is 1. The molecule has 0 aliphatic carbocycles. The van der Waals surface area contributed by atoms with Gasteiger partial charge in [0, 0.05) is 23.7 Å². The topological polar surface area (TPSA) is 32.3 Å². The van der Waals surface area contributed by atoms with Gasteiger partial charge < -0.3 is 10.4 Å². The fraction of sp³-hybridized carbons (Fsp3) is 0.250. The average Bonchev–Trinajstić information content (AvgIpc) is 2.38. The number of rotatable bonds is 5. The molecule has 0 amide bonds. The van der Waals surface area contributed by atoms with Crippen molar-refractivity contribution in [3.05, 3.63) is 48.6 Å². The number of anilines is 1. The van der Waals surface area contributed by atoms with Crippen molar-refractivity contribution in [3.8, 4) is 5.75 Å². The SMILES string of the molecule is C=C(CC)CCNc1cc(O)cc2ccccc12. The number of hydrogen-bond acceptors (Lipinski definition) is 2. The summed E-state index contributed by atoms with van der Waals surface area (Å²) in [4.78, 5) is 0. The molecule has 2 aromatic carbocycles. The van der Waals surface area contributed by atoms with Gasteiger partial charge in [-0.1, -0.05) is 43.3 Å². The Morgan fingerprint density at radius 2 is 2.06 bits per heavy atom. The number of hydrogen-bond donors (Lipinski definition) is 2. The lowest BCUT2D eigenvalue weighted by Gasteiger charge is -2.11. The molecule has 0 spiro atoms. The normalized spacial score (nSPS) is 10.5. The molecule has 0 radical (unpaired) electrons. The standard InChI is InChI=1S/C16H19NO/c1-3-12(2)8-9-17-16-11-14(18)10-13-6-4-5-7-15(13)16/h4-7,10-11,17-18H,2-3,8-9H2,1H3. The molecule has 0 aliphatic heterocycles. The highest BCUT2D eigenvalue weighted by molar-refractivity contribution is 5.95. The van der Waals surface area contributed by atoms with Crippen LogP contribution in [-0.4, -0.2) is 11.7 Å². The number of phenols is 1. The first-order valence-corrected chi connectivity index (χ1v) is 6.33. The Balaban J connectivity index is 2.19. The molecule has 0 fully saturated rings. The van der Waals surface area contributed by atoms with Crippen molar-refractivity contribution < 1.29 is 5.11 Å². The second kappa shape index (κ2) is 5.58. The molecule has 0 saturated carbocycles. The molecule has 0 aromatic heterocycles. The highest BCUT2D eigenvalue weighted by Gasteiger charge is 2.02. The fourth-order valence-electron chi connectivity index (χ4n) is 1.99. The summed E-state index contributed by atoms with van der Waals surface area (Å²) in [6.45, 7) is 6.96. The summed E-state index contributed by atoms with van der Waals surface area (Å²) in [5.74, 6) is 0.297. The van der Waals surface area contributed by atoms with Gasteiger partial charge in [0.25, 0.3) is 0 Å². The van der Waals surface area contributed by atoms with Gasteiger partial charge in [0.05, 0.1) is 0 Å². The van der Waals surface area contributed by atoms with Crippen molar-refractivity contribution in [2.75, 3.05) is 11.9 Å². The lowest BCUT2D eigenvalue weighted by atomic mass is 10.1. The summed E-state index contributed by atoms with van der Waals surface area (Å²) in [5, 5.41) is 15.3. The first-order chi connectivity index (χ1) is 8.70. The van der Waals surface area contributed by atoms with E-state index in [1.54, 1.807) is 12.1 Å². The van der Waals surface area contributed by atoms with Crippen LogP contribution in [0.3, 0.4) is 0 Å². The lowest BCUT2D eigenvalue weighted by Crippen LogP contribution is -2.02. The zero-order valence-corrected chi connectivity index (χ0v) is 10.7. The van der Waals surface area contributed by atoms with Gasteiger partial charge in [0.2, 0.25) is 0 Å². The smallest absolute Gasteiger partial charge is 0.118 e. The zero-order valence-electron chi connectivity index (χ0n) is 10.7. The Hall–Kier alpha value is -1.96. The van der Waals surface area contributed by atoms with E-state index in [1.165, 1.54) is 5.57 Å². The molecule has 0 bridgehead atoms. The Bertz CT molecular complexity index is 560. The summed E-state index contributed by atoms with van der Waals surface area (Å²) in [6, 6.07) is 11.6. The second-order valence-corrected chi connectivity index (χ2v) is 4.49. The molecule has 0 unspecified atom stereocenters. The number of phenolic OH excluding ortho intramolecular Hbond substituents is 1. The fourth-order valence-corrected chi connectivity index (χ4v) is 1.99. The van der Waals surface area contributed by atoms with E-state index >= 15 is 0 Å². The van der Waals surface area contributed by atoms with E-state index < -0.39 is 0 Å². The Kier molecular flexibility index (Phi) is 3.88. The highest BCUT2D eigenvalue weighted by Crippen LogP contribution is 2.28. The molecule has 2 N–H and O–H groups in total. The van der Waals surface area contributed by atoms with E-state index in [0.717, 1.165) is 35.8 Å². The second-order valence-electron chi connectivity index (χ2n) is 4.49. The third-order valence-corrected chi connectivity index (χ3v) is 3.14. The van der Waals surface area contributed by atoms with Crippen LogP contribution in [0, 0.1) is 0 Å². The zero-order chi connectivity index (χ0) is 13.0. The predicted octanol–water partition coefficient (Wildman–Crippen LogP) is 4.31. The summed E-state index contributed by atoms with van der Waals surface area (Å²) in [5.41, 5.74) is 2.22. The maximum atomic E-state index is 9.71. The van der Waals surface area contributed by atoms with Crippen LogP contribution < -0.4 is 5.32 Å². The Labute approximate surface area is 108 Å². The molecular formula is C16H19NO. The van der Waals surface area contributed by atoms with Gasteiger partial charge in [-0.3, -0.25) is 0 Å². The molecule has 0 saturated heterocycles. The van der Waals surface area contributed by atoms with Crippen molar-refractivity contribution in [2.24, 2.45) is 0 Å². The first kappa shape index (κ1) is 12.5. The summed E-state index contributed by atoms with van der Waals surface area (Å²) >= 11 is 0. The van der Waals surface area contributed by atoms with Gasteiger partial charge in [-0.05, 0) is 24.3 Å². The van der Waals surface area contributed by atoms with Gasteiger partial charge in [-0.15, -0.1) is 0 Å². The van der Waals surface area contributed by atoms with E-state index in [4.69, 9.17) is 0 Å². The molecule has 2 aromatic rings. The van der Waals surface area contributed by atoms with Crippen LogP contribution in [0.1, 0.15) is 19.8 Å². The average molecular weight is 241 g/mol. The Morgan fingerprint density at radius 3 is 2.83 bits per heavy atom. The summed E-state index contributed by atoms with van der Waals surface area (Å²) in [7, 11) is 0. The number of fused-ring (bicyclic) bond motifs is 1. The van der Waals surface area contributed by atoms with Crippen LogP contribution >= 0.6 is 0 Å². The van der Waals surface area contributed by atoms with Gasteiger partial charge in [0.15, 0.2) is 0 Å². The monoisotopic (exact) mass is 241 g/mol.